The molecule has 1 saturated heterocycles. The van der Waals surface area contributed by atoms with Gasteiger partial charge in [-0.2, -0.15) is 0 Å². The molecule has 3 N–H and O–H groups in total. The number of hydrogen-bond acceptors (Lipinski definition) is 3. The van der Waals surface area contributed by atoms with Crippen molar-refractivity contribution in [1.82, 2.24) is 20.9 Å². The molecule has 0 aliphatic carbocycles. The number of carbonyl (C=O) groups excluding carboxylic acids is 1. The van der Waals surface area contributed by atoms with Crippen molar-refractivity contribution >= 4 is 35.8 Å². The molecule has 0 bridgehead atoms. The molecule has 0 spiro atoms. The maximum atomic E-state index is 11.8. The number of carbonyl (C=O) groups is 1. The van der Waals surface area contributed by atoms with E-state index in [4.69, 9.17) is 4.99 Å². The van der Waals surface area contributed by atoms with Crippen LogP contribution in [0.15, 0.2) is 59.6 Å². The summed E-state index contributed by atoms with van der Waals surface area (Å²) < 4.78 is 0. The lowest BCUT2D eigenvalue weighted by molar-refractivity contribution is 0.0963. The third-order valence-corrected chi connectivity index (χ3v) is 5.65. The molecule has 3 rings (SSSR count). The lowest BCUT2D eigenvalue weighted by Crippen LogP contribution is -2.39. The topological polar surface area (TPSA) is 68.8 Å². The summed E-state index contributed by atoms with van der Waals surface area (Å²) in [5.41, 5.74) is 3.15. The van der Waals surface area contributed by atoms with Crippen molar-refractivity contribution in [3.05, 3.63) is 71.3 Å². The fraction of sp³-hybridized carbons (Fsp3) is 0.440. The van der Waals surface area contributed by atoms with Gasteiger partial charge >= 0.3 is 0 Å². The van der Waals surface area contributed by atoms with Crippen LogP contribution in [0, 0.1) is 0 Å². The third-order valence-electron chi connectivity index (χ3n) is 5.65. The summed E-state index contributed by atoms with van der Waals surface area (Å²) >= 11 is 0. The van der Waals surface area contributed by atoms with Crippen molar-refractivity contribution in [2.24, 2.45) is 4.99 Å². The minimum absolute atomic E-state index is 0. The van der Waals surface area contributed by atoms with Crippen LogP contribution in [0.3, 0.4) is 0 Å². The van der Waals surface area contributed by atoms with Crippen LogP contribution in [0.5, 0.6) is 0 Å². The number of nitrogens with one attached hydrogen (secondary N) is 3. The first-order valence-corrected chi connectivity index (χ1v) is 11.3. The highest BCUT2D eigenvalue weighted by molar-refractivity contribution is 14.0. The number of guanidine groups is 1. The smallest absolute Gasteiger partial charge is 0.251 e. The second kappa shape index (κ2) is 14.1. The van der Waals surface area contributed by atoms with Gasteiger partial charge in [-0.05, 0) is 62.5 Å². The number of hydrogen-bond donors (Lipinski definition) is 3. The molecular weight excluding hydrogens is 513 g/mol. The number of nitrogens with zero attached hydrogens (tertiary/aromatic N) is 2. The Hall–Kier alpha value is -2.13. The summed E-state index contributed by atoms with van der Waals surface area (Å²) in [5.74, 6) is 0.781. The fourth-order valence-electron chi connectivity index (χ4n) is 4.02. The fourth-order valence-corrected chi connectivity index (χ4v) is 4.02. The molecule has 7 heteroatoms. The molecule has 1 atom stereocenters. The molecule has 174 valence electrons. The first kappa shape index (κ1) is 26.1. The SMILES string of the molecule is CCNC(=NCC(c1ccccc1)N1CCCC1)NCCc1cccc(C(=O)NC)c1.I. The van der Waals surface area contributed by atoms with E-state index < -0.39 is 0 Å². The van der Waals surface area contributed by atoms with Gasteiger partial charge in [-0.15, -0.1) is 24.0 Å². The molecule has 1 unspecified atom stereocenters. The monoisotopic (exact) mass is 549 g/mol. The highest BCUT2D eigenvalue weighted by Gasteiger charge is 2.23. The lowest BCUT2D eigenvalue weighted by Gasteiger charge is -2.27. The number of rotatable bonds is 9. The summed E-state index contributed by atoms with van der Waals surface area (Å²) in [6.07, 6.45) is 3.35. The van der Waals surface area contributed by atoms with Crippen LogP contribution in [0.4, 0.5) is 0 Å². The Kier molecular flexibility index (Phi) is 11.5. The summed E-state index contributed by atoms with van der Waals surface area (Å²) in [6.45, 7) is 6.66. The van der Waals surface area contributed by atoms with Gasteiger partial charge in [0.25, 0.3) is 5.91 Å². The summed E-state index contributed by atoms with van der Waals surface area (Å²) in [6, 6.07) is 18.8. The van der Waals surface area contributed by atoms with Gasteiger partial charge in [-0.3, -0.25) is 14.7 Å². The van der Waals surface area contributed by atoms with E-state index in [1.807, 2.05) is 18.2 Å². The average molecular weight is 550 g/mol. The van der Waals surface area contributed by atoms with Crippen molar-refractivity contribution in [2.75, 3.05) is 39.8 Å². The van der Waals surface area contributed by atoms with Crippen molar-refractivity contribution in [3.8, 4) is 0 Å². The van der Waals surface area contributed by atoms with Gasteiger partial charge in [-0.1, -0.05) is 42.5 Å². The number of aliphatic imine (C=N–C) groups is 1. The minimum Gasteiger partial charge on any atom is -0.357 e. The van der Waals surface area contributed by atoms with E-state index in [2.05, 4.69) is 64.2 Å². The van der Waals surface area contributed by atoms with Gasteiger partial charge in [0.05, 0.1) is 12.6 Å². The zero-order valence-electron chi connectivity index (χ0n) is 19.1. The molecule has 1 amide bonds. The molecule has 1 fully saturated rings. The Bertz CT molecular complexity index is 852. The molecule has 0 saturated carbocycles. The van der Waals surface area contributed by atoms with Crippen molar-refractivity contribution in [3.63, 3.8) is 0 Å². The number of halogens is 1. The number of benzene rings is 2. The number of likely N-dealkylation sites (tertiary alicyclic amines) is 1. The molecule has 2 aromatic carbocycles. The van der Waals surface area contributed by atoms with E-state index in [1.54, 1.807) is 7.05 Å². The van der Waals surface area contributed by atoms with Crippen molar-refractivity contribution in [2.45, 2.75) is 32.2 Å². The molecule has 0 radical (unpaired) electrons. The Balaban J connectivity index is 0.00000363. The van der Waals surface area contributed by atoms with Crippen LogP contribution < -0.4 is 16.0 Å². The Morgan fingerprint density at radius 2 is 1.81 bits per heavy atom. The van der Waals surface area contributed by atoms with E-state index >= 15 is 0 Å². The second-order valence-corrected chi connectivity index (χ2v) is 7.85. The zero-order chi connectivity index (χ0) is 21.9. The molecule has 6 nitrogen and oxygen atoms in total. The Morgan fingerprint density at radius 1 is 1.06 bits per heavy atom. The second-order valence-electron chi connectivity index (χ2n) is 7.85. The van der Waals surface area contributed by atoms with Crippen LogP contribution in [0.2, 0.25) is 0 Å². The Morgan fingerprint density at radius 3 is 2.50 bits per heavy atom. The lowest BCUT2D eigenvalue weighted by atomic mass is 10.1. The maximum absolute atomic E-state index is 11.8. The molecular formula is C25H36IN5O. The van der Waals surface area contributed by atoms with E-state index in [1.165, 1.54) is 18.4 Å². The minimum atomic E-state index is -0.0569. The largest absolute Gasteiger partial charge is 0.357 e. The molecule has 1 heterocycles. The van der Waals surface area contributed by atoms with Gasteiger partial charge in [0.1, 0.15) is 0 Å². The van der Waals surface area contributed by atoms with Crippen molar-refractivity contribution in [1.29, 1.82) is 0 Å². The zero-order valence-corrected chi connectivity index (χ0v) is 21.5. The highest BCUT2D eigenvalue weighted by atomic mass is 127. The Labute approximate surface area is 209 Å². The van der Waals surface area contributed by atoms with E-state index in [-0.39, 0.29) is 29.9 Å². The maximum Gasteiger partial charge on any atom is 0.251 e. The van der Waals surface area contributed by atoms with Gasteiger partial charge in [0, 0.05) is 25.7 Å². The van der Waals surface area contributed by atoms with Gasteiger partial charge in [0.15, 0.2) is 5.96 Å². The quantitative estimate of drug-likeness (QED) is 0.254. The predicted molar refractivity (Wildman–Crippen MR) is 143 cm³/mol. The van der Waals surface area contributed by atoms with Gasteiger partial charge in [-0.25, -0.2) is 0 Å². The molecule has 0 aromatic heterocycles. The first-order valence-electron chi connectivity index (χ1n) is 11.3. The number of amides is 1. The summed E-state index contributed by atoms with van der Waals surface area (Å²) in [4.78, 5) is 19.3. The first-order chi connectivity index (χ1) is 15.2. The van der Waals surface area contributed by atoms with Crippen LogP contribution in [0.1, 0.15) is 47.3 Å². The van der Waals surface area contributed by atoms with Gasteiger partial charge in [0.2, 0.25) is 0 Å². The van der Waals surface area contributed by atoms with Crippen molar-refractivity contribution < 1.29 is 4.79 Å². The molecule has 32 heavy (non-hydrogen) atoms. The molecule has 1 aliphatic rings. The standard InChI is InChI=1S/C25H35N5O.HI/c1-3-27-25(28-15-14-20-10-9-13-22(18-20)24(31)26-2)29-19-23(30-16-7-8-17-30)21-11-5-4-6-12-21;/h4-6,9-13,18,23H,3,7-8,14-17,19H2,1-2H3,(H,26,31)(H2,27,28,29);1H. The predicted octanol–water partition coefficient (Wildman–Crippen LogP) is 3.60. The normalized spacial score (nSPS) is 15.0. The van der Waals surface area contributed by atoms with Crippen LogP contribution >= 0.6 is 24.0 Å². The summed E-state index contributed by atoms with van der Waals surface area (Å²) in [7, 11) is 1.65. The molecule has 1 aliphatic heterocycles. The third kappa shape index (κ3) is 7.78. The van der Waals surface area contributed by atoms with Crippen LogP contribution in [-0.4, -0.2) is 56.5 Å². The average Bonchev–Trinajstić information content (AvgIpc) is 3.34. The highest BCUT2D eigenvalue weighted by Crippen LogP contribution is 2.25. The van der Waals surface area contributed by atoms with E-state index in [0.717, 1.165) is 50.7 Å². The van der Waals surface area contributed by atoms with E-state index in [0.29, 0.717) is 11.6 Å². The van der Waals surface area contributed by atoms with Gasteiger partial charge < -0.3 is 16.0 Å². The summed E-state index contributed by atoms with van der Waals surface area (Å²) in [5, 5.41) is 9.49. The van der Waals surface area contributed by atoms with Crippen LogP contribution in [0.25, 0.3) is 0 Å². The van der Waals surface area contributed by atoms with Crippen LogP contribution in [-0.2, 0) is 6.42 Å². The van der Waals surface area contributed by atoms with E-state index in [9.17, 15) is 4.79 Å². The molecule has 2 aromatic rings.